The minimum absolute atomic E-state index is 0.480. The number of hydrogen-bond acceptors (Lipinski definition) is 2. The molecular formula is C11H15ClN2. The molecule has 1 aliphatic carbocycles. The normalized spacial score (nSPS) is 18.2. The number of halogens is 1. The molecule has 0 saturated heterocycles. The van der Waals surface area contributed by atoms with Crippen molar-refractivity contribution in [2.45, 2.75) is 44.9 Å². The van der Waals surface area contributed by atoms with Gasteiger partial charge in [-0.25, -0.2) is 9.97 Å². The van der Waals surface area contributed by atoms with E-state index in [9.17, 15) is 0 Å². The average Bonchev–Trinajstić information content (AvgIpc) is 2.98. The smallest absolute Gasteiger partial charge is 0.133 e. The average molecular weight is 211 g/mol. The van der Waals surface area contributed by atoms with Crippen LogP contribution >= 0.6 is 11.6 Å². The van der Waals surface area contributed by atoms with Crippen LogP contribution in [0.5, 0.6) is 0 Å². The molecule has 76 valence electrons. The lowest BCUT2D eigenvalue weighted by molar-refractivity contribution is 0.693. The predicted molar refractivity (Wildman–Crippen MR) is 57.7 cm³/mol. The fourth-order valence-electron chi connectivity index (χ4n) is 1.44. The van der Waals surface area contributed by atoms with Crippen LogP contribution in [0.4, 0.5) is 0 Å². The Labute approximate surface area is 89.7 Å². The van der Waals surface area contributed by atoms with Crippen molar-refractivity contribution in [3.05, 3.63) is 22.7 Å². The quantitative estimate of drug-likeness (QED) is 0.714. The summed E-state index contributed by atoms with van der Waals surface area (Å²) in [5.41, 5.74) is 1.09. The Balaban J connectivity index is 2.30. The fourth-order valence-corrected chi connectivity index (χ4v) is 1.64. The Morgan fingerprint density at radius 2 is 2.21 bits per heavy atom. The van der Waals surface area contributed by atoms with Crippen molar-refractivity contribution in [3.63, 3.8) is 0 Å². The monoisotopic (exact) mass is 210 g/mol. The van der Waals surface area contributed by atoms with Crippen molar-refractivity contribution >= 4 is 11.6 Å². The standard InChI is InChI=1S/C11H15ClN2/c1-3-7(2)9-6-10(12)14-11(13-9)8-4-5-8/h6-8H,3-5H2,1-2H3/t7-/m1/s1. The minimum atomic E-state index is 0.480. The molecule has 0 spiro atoms. The third kappa shape index (κ3) is 2.06. The molecule has 1 aromatic heterocycles. The summed E-state index contributed by atoms with van der Waals surface area (Å²) in [5, 5.41) is 0.595. The second kappa shape index (κ2) is 3.85. The summed E-state index contributed by atoms with van der Waals surface area (Å²) in [6.45, 7) is 4.34. The fraction of sp³-hybridized carbons (Fsp3) is 0.636. The van der Waals surface area contributed by atoms with Gasteiger partial charge in [0.1, 0.15) is 11.0 Å². The summed E-state index contributed by atoms with van der Waals surface area (Å²) in [5.74, 6) is 2.01. The third-order valence-corrected chi connectivity index (χ3v) is 2.99. The molecule has 2 nitrogen and oxygen atoms in total. The first-order valence-corrected chi connectivity index (χ1v) is 5.63. The summed E-state index contributed by atoms with van der Waals surface area (Å²) >= 11 is 5.97. The van der Waals surface area contributed by atoms with Crippen molar-refractivity contribution in [1.82, 2.24) is 9.97 Å². The van der Waals surface area contributed by atoms with E-state index in [-0.39, 0.29) is 0 Å². The maximum absolute atomic E-state index is 5.97. The molecule has 0 radical (unpaired) electrons. The van der Waals surface area contributed by atoms with E-state index in [2.05, 4.69) is 23.8 Å². The molecule has 1 fully saturated rings. The van der Waals surface area contributed by atoms with E-state index in [0.29, 0.717) is 17.0 Å². The van der Waals surface area contributed by atoms with Gasteiger partial charge in [0.25, 0.3) is 0 Å². The molecule has 0 bridgehead atoms. The van der Waals surface area contributed by atoms with Crippen molar-refractivity contribution in [3.8, 4) is 0 Å². The third-order valence-electron chi connectivity index (χ3n) is 2.79. The maximum Gasteiger partial charge on any atom is 0.133 e. The summed E-state index contributed by atoms with van der Waals surface area (Å²) in [6, 6.07) is 1.89. The molecule has 2 rings (SSSR count). The first-order chi connectivity index (χ1) is 6.70. The van der Waals surface area contributed by atoms with E-state index in [0.717, 1.165) is 17.9 Å². The first-order valence-electron chi connectivity index (χ1n) is 5.25. The van der Waals surface area contributed by atoms with Gasteiger partial charge in [-0.2, -0.15) is 0 Å². The van der Waals surface area contributed by atoms with Gasteiger partial charge < -0.3 is 0 Å². The second-order valence-corrected chi connectivity index (χ2v) is 4.44. The lowest BCUT2D eigenvalue weighted by atomic mass is 10.1. The van der Waals surface area contributed by atoms with Gasteiger partial charge >= 0.3 is 0 Å². The van der Waals surface area contributed by atoms with Crippen LogP contribution in [0.3, 0.4) is 0 Å². The van der Waals surface area contributed by atoms with E-state index in [1.54, 1.807) is 0 Å². The highest BCUT2D eigenvalue weighted by Gasteiger charge is 2.27. The highest BCUT2D eigenvalue weighted by atomic mass is 35.5. The van der Waals surface area contributed by atoms with Crippen LogP contribution in [-0.2, 0) is 0 Å². The predicted octanol–water partition coefficient (Wildman–Crippen LogP) is 3.52. The first kappa shape index (κ1) is 9.91. The molecule has 1 aliphatic rings. The van der Waals surface area contributed by atoms with Crippen molar-refractivity contribution in [1.29, 1.82) is 0 Å². The molecule has 0 amide bonds. The van der Waals surface area contributed by atoms with Gasteiger partial charge in [-0.1, -0.05) is 25.4 Å². The van der Waals surface area contributed by atoms with Gasteiger partial charge in [0.15, 0.2) is 0 Å². The Morgan fingerprint density at radius 1 is 1.50 bits per heavy atom. The van der Waals surface area contributed by atoms with Crippen LogP contribution in [0.1, 0.15) is 56.5 Å². The lowest BCUT2D eigenvalue weighted by Gasteiger charge is -2.09. The topological polar surface area (TPSA) is 25.8 Å². The second-order valence-electron chi connectivity index (χ2n) is 4.06. The van der Waals surface area contributed by atoms with Crippen LogP contribution in [0, 0.1) is 0 Å². The van der Waals surface area contributed by atoms with Crippen molar-refractivity contribution < 1.29 is 0 Å². The molecular weight excluding hydrogens is 196 g/mol. The molecule has 1 heterocycles. The van der Waals surface area contributed by atoms with Gasteiger partial charge in [0, 0.05) is 11.6 Å². The van der Waals surface area contributed by atoms with Crippen molar-refractivity contribution in [2.75, 3.05) is 0 Å². The molecule has 0 aromatic carbocycles. The van der Waals surface area contributed by atoms with E-state index in [4.69, 9.17) is 11.6 Å². The van der Waals surface area contributed by atoms with E-state index >= 15 is 0 Å². The van der Waals surface area contributed by atoms with Crippen LogP contribution in [0.15, 0.2) is 6.07 Å². The largest absolute Gasteiger partial charge is 0.237 e. The zero-order valence-corrected chi connectivity index (χ0v) is 9.38. The molecule has 1 saturated carbocycles. The van der Waals surface area contributed by atoms with Gasteiger partial charge in [-0.3, -0.25) is 0 Å². The van der Waals surface area contributed by atoms with Crippen LogP contribution in [-0.4, -0.2) is 9.97 Å². The Kier molecular flexibility index (Phi) is 2.73. The summed E-state index contributed by atoms with van der Waals surface area (Å²) in [4.78, 5) is 8.84. The number of rotatable bonds is 3. The Bertz CT molecular complexity index is 334. The molecule has 0 aliphatic heterocycles. The van der Waals surface area contributed by atoms with E-state index in [1.165, 1.54) is 12.8 Å². The van der Waals surface area contributed by atoms with Gasteiger partial charge in [0.05, 0.1) is 0 Å². The highest BCUT2D eigenvalue weighted by Crippen LogP contribution is 2.38. The number of aromatic nitrogens is 2. The van der Waals surface area contributed by atoms with Crippen molar-refractivity contribution in [2.24, 2.45) is 0 Å². The number of nitrogens with zero attached hydrogens (tertiary/aromatic N) is 2. The summed E-state index contributed by atoms with van der Waals surface area (Å²) in [6.07, 6.45) is 3.54. The Hall–Kier alpha value is -0.630. The molecule has 14 heavy (non-hydrogen) atoms. The SMILES string of the molecule is CC[C@@H](C)c1cc(Cl)nc(C2CC2)n1. The molecule has 1 atom stereocenters. The van der Waals surface area contributed by atoms with Crippen LogP contribution < -0.4 is 0 Å². The van der Waals surface area contributed by atoms with Crippen LogP contribution in [0.2, 0.25) is 5.15 Å². The van der Waals surface area contributed by atoms with Gasteiger partial charge in [-0.15, -0.1) is 0 Å². The summed E-state index contributed by atoms with van der Waals surface area (Å²) in [7, 11) is 0. The minimum Gasteiger partial charge on any atom is -0.237 e. The molecule has 1 aromatic rings. The highest BCUT2D eigenvalue weighted by molar-refractivity contribution is 6.29. The lowest BCUT2D eigenvalue weighted by Crippen LogP contribution is -2.01. The molecule has 0 N–H and O–H groups in total. The van der Waals surface area contributed by atoms with Gasteiger partial charge in [-0.05, 0) is 31.2 Å². The molecule has 0 unspecified atom stereocenters. The van der Waals surface area contributed by atoms with E-state index < -0.39 is 0 Å². The van der Waals surface area contributed by atoms with Crippen LogP contribution in [0.25, 0.3) is 0 Å². The summed E-state index contributed by atoms with van der Waals surface area (Å²) < 4.78 is 0. The van der Waals surface area contributed by atoms with Gasteiger partial charge in [0.2, 0.25) is 0 Å². The Morgan fingerprint density at radius 3 is 2.79 bits per heavy atom. The zero-order chi connectivity index (χ0) is 10.1. The maximum atomic E-state index is 5.97. The zero-order valence-electron chi connectivity index (χ0n) is 8.63. The number of hydrogen-bond donors (Lipinski definition) is 0. The molecule has 3 heteroatoms. The van der Waals surface area contributed by atoms with E-state index in [1.807, 2.05) is 6.07 Å².